The summed E-state index contributed by atoms with van der Waals surface area (Å²) in [7, 11) is 4.23. The monoisotopic (exact) mass is 291 g/mol. The van der Waals surface area contributed by atoms with Gasteiger partial charge in [-0.15, -0.1) is 0 Å². The molecule has 0 atom stereocenters. The van der Waals surface area contributed by atoms with Gasteiger partial charge in [-0.2, -0.15) is 0 Å². The van der Waals surface area contributed by atoms with Crippen LogP contribution in [0, 0.1) is 0 Å². The van der Waals surface area contributed by atoms with Crippen molar-refractivity contribution in [3.8, 4) is 0 Å². The van der Waals surface area contributed by atoms with Crippen molar-refractivity contribution in [2.75, 3.05) is 14.1 Å². The van der Waals surface area contributed by atoms with Crippen LogP contribution in [-0.4, -0.2) is 34.0 Å². The molecule has 0 radical (unpaired) electrons. The zero-order chi connectivity index (χ0) is 12.1. The molecule has 0 amide bonds. The van der Waals surface area contributed by atoms with Gasteiger partial charge in [-0.05, 0) is 0 Å². The molecule has 88 valence electrons. The fraction of sp³-hybridized carbons (Fsp3) is 0.200. The van der Waals surface area contributed by atoms with Gasteiger partial charge in [0.15, 0.2) is 0 Å². The Morgan fingerprint density at radius 1 is 0.882 bits per heavy atom. The van der Waals surface area contributed by atoms with Gasteiger partial charge in [-0.3, -0.25) is 0 Å². The summed E-state index contributed by atoms with van der Waals surface area (Å²) in [6.07, 6.45) is 0. The molecule has 1 nitrogen and oxygen atoms in total. The van der Waals surface area contributed by atoms with E-state index in [1.165, 1.54) is 14.5 Å². The maximum absolute atomic E-state index is 2.26. The molecule has 0 aliphatic rings. The maximum atomic E-state index is 2.26. The molecule has 0 bridgehead atoms. The van der Waals surface area contributed by atoms with Gasteiger partial charge in [-0.1, -0.05) is 0 Å². The molecule has 0 saturated carbocycles. The molecule has 0 aliphatic carbocycles. The van der Waals surface area contributed by atoms with E-state index in [9.17, 15) is 0 Å². The Hall–Kier alpha value is -1.08. The van der Waals surface area contributed by atoms with E-state index in [1.54, 1.807) is 0 Å². The molecule has 0 spiro atoms. The summed E-state index contributed by atoms with van der Waals surface area (Å²) >= 11 is 0.411. The van der Waals surface area contributed by atoms with E-state index in [1.807, 2.05) is 0 Å². The molecular weight excluding hydrogens is 273 g/mol. The standard InChI is InChI=1S/C15H17NSe/c1-16(2)12-13-8-6-7-11-15(13)17-14-9-4-3-5-10-14/h3-11H,12H2,1-2H3. The van der Waals surface area contributed by atoms with Crippen molar-refractivity contribution in [3.63, 3.8) is 0 Å². The van der Waals surface area contributed by atoms with Crippen molar-refractivity contribution >= 4 is 23.9 Å². The summed E-state index contributed by atoms with van der Waals surface area (Å²) in [4.78, 5) is 2.22. The van der Waals surface area contributed by atoms with Crippen molar-refractivity contribution in [1.82, 2.24) is 4.90 Å². The molecule has 0 aromatic heterocycles. The van der Waals surface area contributed by atoms with Gasteiger partial charge in [0.05, 0.1) is 0 Å². The summed E-state index contributed by atoms with van der Waals surface area (Å²) in [5, 5.41) is 0. The first-order valence-corrected chi connectivity index (χ1v) is 7.42. The van der Waals surface area contributed by atoms with Gasteiger partial charge in [0.25, 0.3) is 0 Å². The van der Waals surface area contributed by atoms with Gasteiger partial charge < -0.3 is 0 Å². The Labute approximate surface area is 110 Å². The van der Waals surface area contributed by atoms with Crippen LogP contribution in [0.1, 0.15) is 5.56 Å². The first-order chi connectivity index (χ1) is 8.25. The number of rotatable bonds is 4. The van der Waals surface area contributed by atoms with Crippen LogP contribution in [0.2, 0.25) is 0 Å². The quantitative estimate of drug-likeness (QED) is 0.770. The van der Waals surface area contributed by atoms with E-state index < -0.39 is 0 Å². The Balaban J connectivity index is 2.20. The van der Waals surface area contributed by atoms with E-state index in [4.69, 9.17) is 0 Å². The molecule has 17 heavy (non-hydrogen) atoms. The number of nitrogens with zero attached hydrogens (tertiary/aromatic N) is 1. The van der Waals surface area contributed by atoms with E-state index in [0.29, 0.717) is 15.0 Å². The molecule has 2 rings (SSSR count). The fourth-order valence-corrected chi connectivity index (χ4v) is 3.70. The van der Waals surface area contributed by atoms with Crippen LogP contribution < -0.4 is 8.92 Å². The molecule has 2 heteroatoms. The molecule has 0 heterocycles. The zero-order valence-corrected chi connectivity index (χ0v) is 12.0. The SMILES string of the molecule is CN(C)Cc1ccccc1[Se]c1ccccc1. The fourth-order valence-electron chi connectivity index (χ4n) is 1.69. The Bertz CT molecular complexity index is 465. The van der Waals surface area contributed by atoms with Crippen molar-refractivity contribution in [3.05, 3.63) is 60.2 Å². The number of hydrogen-bond donors (Lipinski definition) is 0. The summed E-state index contributed by atoms with van der Waals surface area (Å²) in [5.41, 5.74) is 1.45. The molecule has 0 unspecified atom stereocenters. The normalized spacial score (nSPS) is 10.8. The van der Waals surface area contributed by atoms with Crippen LogP contribution >= 0.6 is 0 Å². The molecular formula is C15H17NSe. The molecule has 0 aliphatic heterocycles. The van der Waals surface area contributed by atoms with Gasteiger partial charge in [0, 0.05) is 0 Å². The van der Waals surface area contributed by atoms with Crippen LogP contribution in [-0.2, 0) is 6.54 Å². The average Bonchev–Trinajstić information content (AvgIpc) is 2.32. The Kier molecular flexibility index (Phi) is 4.38. The van der Waals surface area contributed by atoms with E-state index >= 15 is 0 Å². The number of benzene rings is 2. The third kappa shape index (κ3) is 3.71. The van der Waals surface area contributed by atoms with Crippen LogP contribution in [0.25, 0.3) is 0 Å². The summed E-state index contributed by atoms with van der Waals surface area (Å²) in [5.74, 6) is 0. The second kappa shape index (κ2) is 6.02. The van der Waals surface area contributed by atoms with Gasteiger partial charge >= 0.3 is 110 Å². The predicted molar refractivity (Wildman–Crippen MR) is 75.3 cm³/mol. The summed E-state index contributed by atoms with van der Waals surface area (Å²) in [6, 6.07) is 19.5. The predicted octanol–water partition coefficient (Wildman–Crippen LogP) is 1.40. The van der Waals surface area contributed by atoms with E-state index in [2.05, 4.69) is 73.6 Å². The minimum atomic E-state index is 0.411. The van der Waals surface area contributed by atoms with Crippen molar-refractivity contribution in [2.45, 2.75) is 6.54 Å². The van der Waals surface area contributed by atoms with E-state index in [-0.39, 0.29) is 0 Å². The van der Waals surface area contributed by atoms with Crippen LogP contribution in [0.4, 0.5) is 0 Å². The van der Waals surface area contributed by atoms with E-state index in [0.717, 1.165) is 6.54 Å². The Morgan fingerprint density at radius 2 is 1.53 bits per heavy atom. The minimum absolute atomic E-state index is 0.411. The molecule has 2 aromatic carbocycles. The molecule has 0 fully saturated rings. The van der Waals surface area contributed by atoms with Crippen molar-refractivity contribution in [2.24, 2.45) is 0 Å². The first kappa shape index (κ1) is 12.4. The second-order valence-electron chi connectivity index (χ2n) is 4.26. The molecule has 0 saturated heterocycles. The van der Waals surface area contributed by atoms with Crippen LogP contribution in [0.15, 0.2) is 54.6 Å². The molecule has 0 N–H and O–H groups in total. The average molecular weight is 290 g/mol. The summed E-state index contributed by atoms with van der Waals surface area (Å²) < 4.78 is 2.92. The summed E-state index contributed by atoms with van der Waals surface area (Å²) in [6.45, 7) is 1.02. The zero-order valence-electron chi connectivity index (χ0n) is 10.3. The first-order valence-electron chi connectivity index (χ1n) is 5.71. The van der Waals surface area contributed by atoms with Crippen LogP contribution in [0.3, 0.4) is 0 Å². The van der Waals surface area contributed by atoms with Crippen molar-refractivity contribution in [1.29, 1.82) is 0 Å². The topological polar surface area (TPSA) is 3.24 Å². The second-order valence-corrected chi connectivity index (χ2v) is 6.60. The molecule has 2 aromatic rings. The van der Waals surface area contributed by atoms with Crippen LogP contribution in [0.5, 0.6) is 0 Å². The van der Waals surface area contributed by atoms with Gasteiger partial charge in [0.1, 0.15) is 0 Å². The van der Waals surface area contributed by atoms with Gasteiger partial charge in [0.2, 0.25) is 0 Å². The third-order valence-corrected chi connectivity index (χ3v) is 4.79. The number of hydrogen-bond acceptors (Lipinski definition) is 1. The Morgan fingerprint density at radius 3 is 2.24 bits per heavy atom. The third-order valence-electron chi connectivity index (χ3n) is 2.43. The van der Waals surface area contributed by atoms with Gasteiger partial charge in [-0.25, -0.2) is 0 Å². The van der Waals surface area contributed by atoms with Crippen molar-refractivity contribution < 1.29 is 0 Å².